The van der Waals surface area contributed by atoms with Crippen molar-refractivity contribution in [2.24, 2.45) is 0 Å². The van der Waals surface area contributed by atoms with Crippen molar-refractivity contribution in [3.8, 4) is 22.7 Å². The Morgan fingerprint density at radius 3 is 2.70 bits per heavy atom. The molecule has 1 atom stereocenters. The minimum atomic E-state index is -4.48. The molecule has 3 aromatic heterocycles. The fraction of sp³-hybridized carbons (Fsp3) is 0.250. The first kappa shape index (κ1) is 19.9. The Morgan fingerprint density at radius 2 is 2.03 bits per heavy atom. The van der Waals surface area contributed by atoms with Crippen LogP contribution < -0.4 is 5.32 Å². The van der Waals surface area contributed by atoms with Crippen LogP contribution in [0, 0.1) is 0 Å². The van der Waals surface area contributed by atoms with Crippen molar-refractivity contribution in [2.75, 3.05) is 11.9 Å². The highest BCUT2D eigenvalue weighted by Gasteiger charge is 2.31. The molecule has 4 aromatic rings. The molecule has 156 valence electrons. The Bertz CT molecular complexity index is 1150. The summed E-state index contributed by atoms with van der Waals surface area (Å²) < 4.78 is 46.4. The van der Waals surface area contributed by atoms with E-state index in [0.29, 0.717) is 23.4 Å². The van der Waals surface area contributed by atoms with Crippen LogP contribution in [0.15, 0.2) is 53.3 Å². The summed E-state index contributed by atoms with van der Waals surface area (Å²) in [4.78, 5) is 8.86. The van der Waals surface area contributed by atoms with Gasteiger partial charge in [-0.05, 0) is 30.7 Å². The zero-order chi connectivity index (χ0) is 21.3. The van der Waals surface area contributed by atoms with Crippen LogP contribution in [0.1, 0.15) is 18.9 Å². The predicted octanol–water partition coefficient (Wildman–Crippen LogP) is 4.25. The molecule has 0 bridgehead atoms. The number of aliphatic hydroxyl groups is 1. The number of nitrogens with zero attached hydrogens (tertiary/aromatic N) is 4. The number of furan rings is 1. The first-order valence-electron chi connectivity index (χ1n) is 9.25. The van der Waals surface area contributed by atoms with Crippen LogP contribution >= 0.6 is 0 Å². The number of aliphatic hydroxyl groups excluding tert-OH is 1. The molecule has 1 aromatic carbocycles. The Morgan fingerprint density at radius 1 is 1.20 bits per heavy atom. The number of anilines is 1. The predicted molar refractivity (Wildman–Crippen MR) is 104 cm³/mol. The van der Waals surface area contributed by atoms with Gasteiger partial charge < -0.3 is 14.8 Å². The van der Waals surface area contributed by atoms with E-state index in [9.17, 15) is 18.3 Å². The molecule has 0 aliphatic rings. The standard InChI is InChI=1S/C20H18F3N5O2/c1-2-14(11-29)25-19-27-17(12-5-3-6-13(9-12)20(21,22)23)26-18-15(10-24-28(18)19)16-7-4-8-30-16/h3-10,14,29H,2,11H2,1H3,(H,25,26,27)/t14-/m1/s1. The lowest BCUT2D eigenvalue weighted by Crippen LogP contribution is -2.25. The third-order valence-corrected chi connectivity index (χ3v) is 4.65. The van der Waals surface area contributed by atoms with Crippen LogP contribution in [0.3, 0.4) is 0 Å². The number of aromatic nitrogens is 4. The van der Waals surface area contributed by atoms with Gasteiger partial charge in [-0.3, -0.25) is 0 Å². The Labute approximate surface area is 169 Å². The fourth-order valence-corrected chi connectivity index (χ4v) is 3.00. The molecular formula is C20H18F3N5O2. The van der Waals surface area contributed by atoms with Crippen molar-refractivity contribution in [3.05, 3.63) is 54.4 Å². The van der Waals surface area contributed by atoms with Gasteiger partial charge in [-0.1, -0.05) is 19.1 Å². The minimum Gasteiger partial charge on any atom is -0.464 e. The number of halogens is 3. The number of hydrogen-bond donors (Lipinski definition) is 2. The third-order valence-electron chi connectivity index (χ3n) is 4.65. The highest BCUT2D eigenvalue weighted by atomic mass is 19.4. The summed E-state index contributed by atoms with van der Waals surface area (Å²) in [7, 11) is 0. The van der Waals surface area contributed by atoms with Crippen LogP contribution in [0.5, 0.6) is 0 Å². The van der Waals surface area contributed by atoms with Gasteiger partial charge in [-0.2, -0.15) is 27.8 Å². The van der Waals surface area contributed by atoms with Crippen LogP contribution in [0.2, 0.25) is 0 Å². The van der Waals surface area contributed by atoms with Gasteiger partial charge in [0.1, 0.15) is 5.76 Å². The maximum absolute atomic E-state index is 13.2. The normalized spacial score (nSPS) is 13.0. The summed E-state index contributed by atoms with van der Waals surface area (Å²) in [6.07, 6.45) is -0.829. The van der Waals surface area contributed by atoms with E-state index in [1.807, 2.05) is 6.92 Å². The lowest BCUT2D eigenvalue weighted by molar-refractivity contribution is -0.137. The molecule has 0 radical (unpaired) electrons. The lowest BCUT2D eigenvalue weighted by atomic mass is 10.1. The van der Waals surface area contributed by atoms with Gasteiger partial charge in [0.25, 0.3) is 0 Å². The zero-order valence-corrected chi connectivity index (χ0v) is 15.9. The van der Waals surface area contributed by atoms with Gasteiger partial charge in [0.15, 0.2) is 11.5 Å². The van der Waals surface area contributed by atoms with Gasteiger partial charge in [-0.25, -0.2) is 4.98 Å². The molecule has 7 nitrogen and oxygen atoms in total. The van der Waals surface area contributed by atoms with Crippen molar-refractivity contribution >= 4 is 11.6 Å². The number of alkyl halides is 3. The van der Waals surface area contributed by atoms with Crippen molar-refractivity contribution < 1.29 is 22.7 Å². The van der Waals surface area contributed by atoms with E-state index in [0.717, 1.165) is 12.1 Å². The monoisotopic (exact) mass is 417 g/mol. The van der Waals surface area contributed by atoms with Gasteiger partial charge in [-0.15, -0.1) is 0 Å². The second kappa shape index (κ2) is 7.79. The number of rotatable bonds is 6. The molecule has 10 heteroatoms. The average Bonchev–Trinajstić information content (AvgIpc) is 3.40. The van der Waals surface area contributed by atoms with E-state index >= 15 is 0 Å². The second-order valence-corrected chi connectivity index (χ2v) is 6.65. The average molecular weight is 417 g/mol. The molecule has 0 aliphatic carbocycles. The highest BCUT2D eigenvalue weighted by molar-refractivity contribution is 5.76. The van der Waals surface area contributed by atoms with E-state index in [2.05, 4.69) is 20.4 Å². The number of fused-ring (bicyclic) bond motifs is 1. The summed E-state index contributed by atoms with van der Waals surface area (Å²) in [6, 6.07) is 7.95. The first-order valence-corrected chi connectivity index (χ1v) is 9.25. The van der Waals surface area contributed by atoms with E-state index in [-0.39, 0.29) is 30.0 Å². The third kappa shape index (κ3) is 3.73. The van der Waals surface area contributed by atoms with Crippen molar-refractivity contribution in [1.82, 2.24) is 19.6 Å². The van der Waals surface area contributed by atoms with Crippen molar-refractivity contribution in [1.29, 1.82) is 0 Å². The van der Waals surface area contributed by atoms with E-state index < -0.39 is 11.7 Å². The van der Waals surface area contributed by atoms with Gasteiger partial charge >= 0.3 is 6.18 Å². The fourth-order valence-electron chi connectivity index (χ4n) is 3.00. The Balaban J connectivity index is 1.90. The first-order chi connectivity index (χ1) is 14.4. The van der Waals surface area contributed by atoms with Crippen LogP contribution in [-0.4, -0.2) is 37.3 Å². The molecule has 2 N–H and O–H groups in total. The number of benzene rings is 1. The SMILES string of the molecule is CC[C@H](CO)Nc1nc(-c2cccc(C(F)(F)F)c2)nc2c(-c3ccco3)cnn12. The molecule has 3 heterocycles. The van der Waals surface area contributed by atoms with E-state index in [1.54, 1.807) is 18.3 Å². The van der Waals surface area contributed by atoms with E-state index in [1.165, 1.54) is 22.9 Å². The van der Waals surface area contributed by atoms with Crippen molar-refractivity contribution in [2.45, 2.75) is 25.6 Å². The summed E-state index contributed by atoms with van der Waals surface area (Å²) in [5, 5.41) is 16.9. The molecule has 0 amide bonds. The lowest BCUT2D eigenvalue weighted by Gasteiger charge is -2.16. The minimum absolute atomic E-state index is 0.0946. The smallest absolute Gasteiger partial charge is 0.416 e. The Kier molecular flexibility index (Phi) is 5.17. The molecule has 0 unspecified atom stereocenters. The van der Waals surface area contributed by atoms with Crippen LogP contribution in [-0.2, 0) is 6.18 Å². The molecule has 0 saturated carbocycles. The molecule has 4 rings (SSSR count). The number of nitrogens with one attached hydrogen (secondary N) is 1. The maximum atomic E-state index is 13.2. The topological polar surface area (TPSA) is 88.5 Å². The van der Waals surface area contributed by atoms with Gasteiger partial charge in [0, 0.05) is 5.56 Å². The molecule has 0 aliphatic heterocycles. The van der Waals surface area contributed by atoms with E-state index in [4.69, 9.17) is 4.42 Å². The molecule has 0 spiro atoms. The molecular weight excluding hydrogens is 399 g/mol. The van der Waals surface area contributed by atoms with Crippen LogP contribution in [0.4, 0.5) is 19.1 Å². The molecule has 0 saturated heterocycles. The molecule has 30 heavy (non-hydrogen) atoms. The summed E-state index contributed by atoms with van der Waals surface area (Å²) >= 11 is 0. The Hall–Kier alpha value is -3.40. The van der Waals surface area contributed by atoms with Gasteiger partial charge in [0.05, 0.1) is 36.2 Å². The summed E-state index contributed by atoms with van der Waals surface area (Å²) in [5.41, 5.74) is 0.344. The summed E-state index contributed by atoms with van der Waals surface area (Å²) in [5.74, 6) is 0.863. The van der Waals surface area contributed by atoms with Crippen molar-refractivity contribution in [3.63, 3.8) is 0 Å². The quantitative estimate of drug-likeness (QED) is 0.488. The zero-order valence-electron chi connectivity index (χ0n) is 15.9. The molecule has 0 fully saturated rings. The highest BCUT2D eigenvalue weighted by Crippen LogP contribution is 2.32. The maximum Gasteiger partial charge on any atom is 0.416 e. The van der Waals surface area contributed by atoms with Crippen LogP contribution in [0.25, 0.3) is 28.4 Å². The summed E-state index contributed by atoms with van der Waals surface area (Å²) in [6.45, 7) is 1.74. The largest absolute Gasteiger partial charge is 0.464 e. The number of hydrogen-bond acceptors (Lipinski definition) is 6. The van der Waals surface area contributed by atoms with Gasteiger partial charge in [0.2, 0.25) is 5.95 Å². The second-order valence-electron chi connectivity index (χ2n) is 6.65.